The monoisotopic (exact) mass is 395 g/mol. The molecule has 0 spiro atoms. The highest BCUT2D eigenvalue weighted by Crippen LogP contribution is 2.39. The van der Waals surface area contributed by atoms with Crippen molar-refractivity contribution in [2.24, 2.45) is 5.92 Å². The predicted octanol–water partition coefficient (Wildman–Crippen LogP) is 3.86. The van der Waals surface area contributed by atoms with Crippen LogP contribution in [0.1, 0.15) is 18.4 Å². The van der Waals surface area contributed by atoms with Gasteiger partial charge in [0.2, 0.25) is 0 Å². The Morgan fingerprint density at radius 2 is 2.21 bits per heavy atom. The lowest BCUT2D eigenvalue weighted by atomic mass is 9.98. The molecule has 3 aromatic rings. The molecule has 0 radical (unpaired) electrons. The van der Waals surface area contributed by atoms with E-state index in [0.717, 1.165) is 59.1 Å². The van der Waals surface area contributed by atoms with Crippen molar-refractivity contribution in [2.45, 2.75) is 19.4 Å². The maximum absolute atomic E-state index is 10.6. The average molecular weight is 396 g/mol. The van der Waals surface area contributed by atoms with Gasteiger partial charge in [-0.3, -0.25) is 4.90 Å². The molecular weight excluding hydrogens is 370 g/mol. The van der Waals surface area contributed by atoms with Gasteiger partial charge in [0.25, 0.3) is 0 Å². The number of para-hydroxylation sites is 1. The molecule has 5 rings (SSSR count). The minimum absolute atomic E-state index is 0.216. The highest BCUT2D eigenvalue weighted by molar-refractivity contribution is 7.21. The Labute approximate surface area is 169 Å². The smallest absolute Gasteiger partial charge is 0.165 e. The van der Waals surface area contributed by atoms with Crippen molar-refractivity contribution >= 4 is 21.6 Å². The molecule has 6 heteroatoms. The normalized spacial score (nSPS) is 20.5. The Balaban J connectivity index is 1.44. The maximum atomic E-state index is 10.6. The van der Waals surface area contributed by atoms with E-state index in [4.69, 9.17) is 9.72 Å². The molecule has 1 saturated heterocycles. The van der Waals surface area contributed by atoms with Crippen LogP contribution in [0.2, 0.25) is 0 Å². The van der Waals surface area contributed by atoms with Gasteiger partial charge in [-0.05, 0) is 56.1 Å². The molecule has 28 heavy (non-hydrogen) atoms. The number of aromatic hydroxyl groups is 1. The molecule has 2 aromatic carbocycles. The molecule has 3 heterocycles. The van der Waals surface area contributed by atoms with Gasteiger partial charge in [-0.2, -0.15) is 0 Å². The standard InChI is InChI=1S/C22H25N3O2S/c26-19-11-16(22-24-18-5-1-2-6-20(18)28-22)10-17-14-25(8-9-27-21(17)19)13-15-4-3-7-23-12-15/h1-2,5-6,10-11,15,23,26H,3-4,7-9,12-14H2/t15-/m1/s1. The van der Waals surface area contributed by atoms with Crippen LogP contribution in [0.5, 0.6) is 11.5 Å². The molecule has 2 aliphatic rings. The first kappa shape index (κ1) is 17.9. The summed E-state index contributed by atoms with van der Waals surface area (Å²) in [5.41, 5.74) is 3.01. The van der Waals surface area contributed by atoms with Gasteiger partial charge in [-0.1, -0.05) is 12.1 Å². The van der Waals surface area contributed by atoms with Crippen molar-refractivity contribution in [3.05, 3.63) is 42.0 Å². The molecular formula is C22H25N3O2S. The van der Waals surface area contributed by atoms with E-state index < -0.39 is 0 Å². The molecule has 1 fully saturated rings. The fourth-order valence-corrected chi connectivity index (χ4v) is 5.23. The van der Waals surface area contributed by atoms with Crippen LogP contribution in [0.3, 0.4) is 0 Å². The second-order valence-corrected chi connectivity index (χ2v) is 8.80. The second kappa shape index (κ2) is 7.70. The quantitative estimate of drug-likeness (QED) is 0.705. The Morgan fingerprint density at radius 1 is 1.29 bits per heavy atom. The van der Waals surface area contributed by atoms with Gasteiger partial charge in [-0.15, -0.1) is 11.3 Å². The number of nitrogens with one attached hydrogen (secondary N) is 1. The lowest BCUT2D eigenvalue weighted by Crippen LogP contribution is -2.38. The maximum Gasteiger partial charge on any atom is 0.165 e. The van der Waals surface area contributed by atoms with Crippen molar-refractivity contribution in [1.82, 2.24) is 15.2 Å². The number of hydrogen-bond donors (Lipinski definition) is 2. The first-order valence-electron chi connectivity index (χ1n) is 10.0. The van der Waals surface area contributed by atoms with E-state index in [1.807, 2.05) is 18.2 Å². The van der Waals surface area contributed by atoms with E-state index in [-0.39, 0.29) is 5.75 Å². The number of aromatic nitrogens is 1. The summed E-state index contributed by atoms with van der Waals surface area (Å²) in [5.74, 6) is 1.54. The van der Waals surface area contributed by atoms with Crippen LogP contribution in [0.4, 0.5) is 0 Å². The molecule has 2 N–H and O–H groups in total. The van der Waals surface area contributed by atoms with Gasteiger partial charge in [0.15, 0.2) is 11.5 Å². The highest BCUT2D eigenvalue weighted by atomic mass is 32.1. The molecule has 1 aromatic heterocycles. The fourth-order valence-electron chi connectivity index (χ4n) is 4.27. The number of hydrogen-bond acceptors (Lipinski definition) is 6. The summed E-state index contributed by atoms with van der Waals surface area (Å²) in [5, 5.41) is 15.1. The summed E-state index contributed by atoms with van der Waals surface area (Å²) >= 11 is 1.66. The number of phenols is 1. The third kappa shape index (κ3) is 3.60. The van der Waals surface area contributed by atoms with Crippen molar-refractivity contribution in [3.8, 4) is 22.1 Å². The molecule has 1 atom stereocenters. The van der Waals surface area contributed by atoms with Crippen molar-refractivity contribution in [1.29, 1.82) is 0 Å². The van der Waals surface area contributed by atoms with Crippen molar-refractivity contribution in [2.75, 3.05) is 32.8 Å². The minimum Gasteiger partial charge on any atom is -0.504 e. The van der Waals surface area contributed by atoms with E-state index in [1.165, 1.54) is 12.8 Å². The van der Waals surface area contributed by atoms with E-state index in [2.05, 4.69) is 22.3 Å². The topological polar surface area (TPSA) is 57.6 Å². The summed E-state index contributed by atoms with van der Waals surface area (Å²) in [6, 6.07) is 12.1. The molecule has 146 valence electrons. The van der Waals surface area contributed by atoms with Crippen LogP contribution in [0.25, 0.3) is 20.8 Å². The fraction of sp³-hybridized carbons (Fsp3) is 0.409. The van der Waals surface area contributed by atoms with Gasteiger partial charge in [-0.25, -0.2) is 4.98 Å². The van der Waals surface area contributed by atoms with Crippen LogP contribution < -0.4 is 10.1 Å². The zero-order chi connectivity index (χ0) is 18.9. The van der Waals surface area contributed by atoms with E-state index in [9.17, 15) is 5.11 Å². The first-order valence-corrected chi connectivity index (χ1v) is 10.9. The summed E-state index contributed by atoms with van der Waals surface area (Å²) in [4.78, 5) is 7.22. The number of phenolic OH excluding ortho intramolecular Hbond substituents is 1. The summed E-state index contributed by atoms with van der Waals surface area (Å²) in [7, 11) is 0. The Morgan fingerprint density at radius 3 is 3.07 bits per heavy atom. The van der Waals surface area contributed by atoms with E-state index in [1.54, 1.807) is 17.4 Å². The number of thiazole rings is 1. The van der Waals surface area contributed by atoms with E-state index in [0.29, 0.717) is 18.3 Å². The SMILES string of the molecule is Oc1cc(-c2nc3ccccc3s2)cc2c1OCCN(C[C@@H]1CCCNC1)C2. The van der Waals surface area contributed by atoms with Gasteiger partial charge in [0.05, 0.1) is 10.2 Å². The first-order chi connectivity index (χ1) is 13.8. The Bertz CT molecular complexity index is 948. The summed E-state index contributed by atoms with van der Waals surface area (Å²) in [6.45, 7) is 5.62. The van der Waals surface area contributed by atoms with E-state index >= 15 is 0 Å². The van der Waals surface area contributed by atoms with Crippen LogP contribution in [0.15, 0.2) is 36.4 Å². The van der Waals surface area contributed by atoms with Crippen LogP contribution in [-0.2, 0) is 6.54 Å². The molecule has 0 unspecified atom stereocenters. The van der Waals surface area contributed by atoms with Crippen molar-refractivity contribution in [3.63, 3.8) is 0 Å². The third-order valence-corrected chi connectivity index (χ3v) is 6.74. The largest absolute Gasteiger partial charge is 0.504 e. The van der Waals surface area contributed by atoms with Crippen molar-refractivity contribution < 1.29 is 9.84 Å². The Hall–Kier alpha value is -2.15. The molecule has 0 bridgehead atoms. The minimum atomic E-state index is 0.216. The lowest BCUT2D eigenvalue weighted by Gasteiger charge is -2.29. The molecule has 2 aliphatic heterocycles. The lowest BCUT2D eigenvalue weighted by molar-refractivity contribution is 0.182. The van der Waals surface area contributed by atoms with Gasteiger partial charge < -0.3 is 15.2 Å². The zero-order valence-corrected chi connectivity index (χ0v) is 16.7. The van der Waals surface area contributed by atoms with Gasteiger partial charge in [0.1, 0.15) is 11.6 Å². The molecule has 5 nitrogen and oxygen atoms in total. The number of nitrogens with zero attached hydrogens (tertiary/aromatic N) is 2. The van der Waals surface area contributed by atoms with Crippen LogP contribution >= 0.6 is 11.3 Å². The average Bonchev–Trinajstić information content (AvgIpc) is 3.04. The number of benzene rings is 2. The number of fused-ring (bicyclic) bond motifs is 2. The van der Waals surface area contributed by atoms with Crippen LogP contribution in [0, 0.1) is 5.92 Å². The Kier molecular flexibility index (Phi) is 4.93. The second-order valence-electron chi connectivity index (χ2n) is 7.77. The van der Waals surface area contributed by atoms with Gasteiger partial charge in [0, 0.05) is 30.8 Å². The predicted molar refractivity (Wildman–Crippen MR) is 113 cm³/mol. The number of piperidine rings is 1. The molecule has 0 saturated carbocycles. The number of ether oxygens (including phenoxy) is 1. The molecule has 0 aliphatic carbocycles. The summed E-state index contributed by atoms with van der Waals surface area (Å²) in [6.07, 6.45) is 2.54. The van der Waals surface area contributed by atoms with Crippen LogP contribution in [-0.4, -0.2) is 47.8 Å². The third-order valence-electron chi connectivity index (χ3n) is 5.65. The summed E-state index contributed by atoms with van der Waals surface area (Å²) < 4.78 is 7.09. The van der Waals surface area contributed by atoms with Gasteiger partial charge >= 0.3 is 0 Å². The number of rotatable bonds is 3. The zero-order valence-electron chi connectivity index (χ0n) is 15.9. The highest BCUT2D eigenvalue weighted by Gasteiger charge is 2.23. The molecule has 0 amide bonds.